The Morgan fingerprint density at radius 1 is 0.492 bits per heavy atom. The molecule has 1 N–H and O–H groups in total. The fourth-order valence-corrected chi connectivity index (χ4v) is 6.21. The summed E-state index contributed by atoms with van der Waals surface area (Å²) in [7, 11) is 0. The molecule has 59 heavy (non-hydrogen) atoms. The summed E-state index contributed by atoms with van der Waals surface area (Å²) in [5.74, 6) is -2.12. The van der Waals surface area contributed by atoms with E-state index in [1.54, 1.807) is 48.5 Å². The van der Waals surface area contributed by atoms with Crippen LogP contribution in [0.1, 0.15) is 31.9 Å². The summed E-state index contributed by atoms with van der Waals surface area (Å²) in [6.45, 7) is 10.5. The zero-order valence-electron chi connectivity index (χ0n) is 32.7. The first-order valence-corrected chi connectivity index (χ1v) is 20.3. The number of amides is 1. The molecule has 1 amide bonds. The highest BCUT2D eigenvalue weighted by Gasteiger charge is 2.27. The first kappa shape index (κ1) is 46.9. The minimum Gasteiger partial charge on any atom is -0.462 e. The summed E-state index contributed by atoms with van der Waals surface area (Å²) in [4.78, 5) is 71.3. The van der Waals surface area contributed by atoms with Crippen LogP contribution in [0.15, 0.2) is 109 Å². The first-order valence-electron chi connectivity index (χ1n) is 17.7. The van der Waals surface area contributed by atoms with E-state index in [9.17, 15) is 28.8 Å². The van der Waals surface area contributed by atoms with Crippen molar-refractivity contribution in [1.29, 1.82) is 0 Å². The molecule has 0 aromatic heterocycles. The molecule has 18 heteroatoms. The lowest BCUT2D eigenvalue weighted by atomic mass is 10.1. The summed E-state index contributed by atoms with van der Waals surface area (Å²) in [6.07, 6.45) is -0.938. The van der Waals surface area contributed by atoms with Crippen LogP contribution < -0.4 is 18.9 Å². The third kappa shape index (κ3) is 18.1. The van der Waals surface area contributed by atoms with E-state index < -0.39 is 42.7 Å². The predicted molar refractivity (Wildman–Crippen MR) is 217 cm³/mol. The number of hydrogen-bond acceptors (Lipinski definition) is 16. The Bertz CT molecular complexity index is 1820. The zero-order chi connectivity index (χ0) is 43.4. The van der Waals surface area contributed by atoms with Gasteiger partial charge in [-0.2, -0.15) is 0 Å². The lowest BCUT2D eigenvalue weighted by Crippen LogP contribution is -2.18. The number of ether oxygens (including phenoxy) is 6. The van der Waals surface area contributed by atoms with Crippen molar-refractivity contribution in [2.24, 2.45) is 0 Å². The molecule has 0 heterocycles. The highest BCUT2D eigenvalue weighted by atomic mass is 32.5. The Labute approximate surface area is 346 Å². The Hall–Kier alpha value is -6.45. The number of carbonyl (C=O) groups excluding carboxylic acids is 6. The van der Waals surface area contributed by atoms with E-state index in [-0.39, 0.29) is 86.5 Å². The first-order chi connectivity index (χ1) is 28.0. The third-order valence-corrected chi connectivity index (χ3v) is 9.02. The average molecular weight is 854 g/mol. The standard InChI is InChI=1S/C41H44NO15PS/c1-27(2)38(45)51-21-19-49-36(43)25-30-7-13-33(14-8-30)55-58(59,56-34-15-9-31(10-16-34)26-37(44)50-20-22-52-39(46)28(3)4)57-35-17-11-32(12-18-35)42-41(48)54-24-23-53-40(47)29(5)6/h7-18H,1,3,5,19-26H2,2,4,6H3,(H,42,48). The van der Waals surface area contributed by atoms with Crippen LogP contribution in [0.4, 0.5) is 10.5 Å². The Balaban J connectivity index is 1.66. The van der Waals surface area contributed by atoms with Crippen LogP contribution >= 0.6 is 6.72 Å². The van der Waals surface area contributed by atoms with E-state index in [0.29, 0.717) is 16.8 Å². The maximum absolute atomic E-state index is 12.3. The lowest BCUT2D eigenvalue weighted by molar-refractivity contribution is -0.149. The van der Waals surface area contributed by atoms with Gasteiger partial charge in [-0.25, -0.2) is 19.2 Å². The number of esters is 5. The minimum atomic E-state index is -3.72. The maximum Gasteiger partial charge on any atom is 0.490 e. The average Bonchev–Trinajstić information content (AvgIpc) is 3.18. The Morgan fingerprint density at radius 3 is 1.14 bits per heavy atom. The Kier molecular flexibility index (Phi) is 18.9. The van der Waals surface area contributed by atoms with Crippen LogP contribution in [0, 0.1) is 0 Å². The molecule has 3 aromatic rings. The van der Waals surface area contributed by atoms with E-state index in [0.717, 1.165) is 0 Å². The van der Waals surface area contributed by atoms with Gasteiger partial charge < -0.3 is 42.0 Å². The molecule has 3 aromatic carbocycles. The summed E-state index contributed by atoms with van der Waals surface area (Å²) in [6, 6.07) is 18.8. The maximum atomic E-state index is 12.3. The summed E-state index contributed by atoms with van der Waals surface area (Å²) < 4.78 is 48.4. The largest absolute Gasteiger partial charge is 0.490 e. The molecule has 0 fully saturated rings. The number of benzene rings is 3. The number of carbonyl (C=O) groups is 6. The van der Waals surface area contributed by atoms with Gasteiger partial charge in [0.2, 0.25) is 0 Å². The molecule has 314 valence electrons. The second-order valence-corrected chi connectivity index (χ2v) is 15.1. The van der Waals surface area contributed by atoms with Crippen molar-refractivity contribution in [3.05, 3.63) is 120 Å². The predicted octanol–water partition coefficient (Wildman–Crippen LogP) is 6.53. The molecule has 3 rings (SSSR count). The molecule has 0 saturated carbocycles. The van der Waals surface area contributed by atoms with Gasteiger partial charge in [0.05, 0.1) is 12.8 Å². The lowest BCUT2D eigenvalue weighted by Gasteiger charge is -2.23. The van der Waals surface area contributed by atoms with E-state index >= 15 is 0 Å². The molecule has 0 bridgehead atoms. The van der Waals surface area contributed by atoms with Crippen LogP contribution in [-0.2, 0) is 77.0 Å². The topological polar surface area (TPSA) is 198 Å². The second-order valence-electron chi connectivity index (χ2n) is 12.3. The molecule has 0 aliphatic carbocycles. The van der Waals surface area contributed by atoms with Gasteiger partial charge in [0.1, 0.15) is 56.9 Å². The van der Waals surface area contributed by atoms with E-state index in [4.69, 9.17) is 53.8 Å². The molecular formula is C41H44NO15PS. The molecule has 0 saturated heterocycles. The van der Waals surface area contributed by atoms with E-state index in [1.807, 2.05) is 0 Å². The quantitative estimate of drug-likeness (QED) is 0.0355. The molecular weight excluding hydrogens is 809 g/mol. The highest BCUT2D eigenvalue weighted by Crippen LogP contribution is 2.50. The third-order valence-electron chi connectivity index (χ3n) is 7.05. The van der Waals surface area contributed by atoms with Crippen LogP contribution in [0.25, 0.3) is 0 Å². The summed E-state index contributed by atoms with van der Waals surface area (Å²) >= 11 is 5.82. The molecule has 0 unspecified atom stereocenters. The number of rotatable bonds is 23. The molecule has 0 aliphatic rings. The molecule has 0 aliphatic heterocycles. The monoisotopic (exact) mass is 853 g/mol. The Morgan fingerprint density at radius 2 is 0.797 bits per heavy atom. The van der Waals surface area contributed by atoms with Gasteiger partial charge in [0, 0.05) is 34.2 Å². The van der Waals surface area contributed by atoms with Crippen molar-refractivity contribution in [1.82, 2.24) is 0 Å². The fraction of sp³-hybridized carbons (Fsp3) is 0.268. The minimum absolute atomic E-state index is 0.0748. The molecule has 0 radical (unpaired) electrons. The van der Waals surface area contributed by atoms with Gasteiger partial charge in [-0.05, 0) is 80.4 Å². The number of nitrogens with one attached hydrogen (secondary N) is 1. The van der Waals surface area contributed by atoms with E-state index in [1.165, 1.54) is 45.0 Å². The van der Waals surface area contributed by atoms with Crippen LogP contribution in [0.3, 0.4) is 0 Å². The number of hydrogen-bond donors (Lipinski definition) is 1. The SMILES string of the molecule is C=C(C)C(=O)OCCOC(=O)Cc1ccc(OP(=S)(Oc2ccc(CC(=O)OCCOC(=O)C(=C)C)cc2)Oc2ccc(NC(=O)OCCOC(=O)C(=C)C)cc2)cc1. The fourth-order valence-electron chi connectivity index (χ4n) is 4.19. The smallest absolute Gasteiger partial charge is 0.462 e. The summed E-state index contributed by atoms with van der Waals surface area (Å²) in [5, 5.41) is 2.54. The van der Waals surface area contributed by atoms with Gasteiger partial charge in [-0.1, -0.05) is 44.0 Å². The van der Waals surface area contributed by atoms with E-state index in [2.05, 4.69) is 25.1 Å². The van der Waals surface area contributed by atoms with Crippen LogP contribution in [-0.4, -0.2) is 75.6 Å². The van der Waals surface area contributed by atoms with Gasteiger partial charge in [-0.3, -0.25) is 14.9 Å². The van der Waals surface area contributed by atoms with Gasteiger partial charge in [-0.15, -0.1) is 0 Å². The molecule has 0 spiro atoms. The van der Waals surface area contributed by atoms with Gasteiger partial charge in [0.15, 0.2) is 0 Å². The van der Waals surface area contributed by atoms with Crippen molar-refractivity contribution in [2.75, 3.05) is 45.0 Å². The second kappa shape index (κ2) is 23.7. The van der Waals surface area contributed by atoms with Crippen molar-refractivity contribution >= 4 is 60.2 Å². The molecule has 0 atom stereocenters. The normalized spacial score (nSPS) is 10.5. The van der Waals surface area contributed by atoms with Crippen molar-refractivity contribution < 1.29 is 70.8 Å². The highest BCUT2D eigenvalue weighted by molar-refractivity contribution is 8.08. The van der Waals surface area contributed by atoms with Crippen molar-refractivity contribution in [3.8, 4) is 17.2 Å². The van der Waals surface area contributed by atoms with Crippen LogP contribution in [0.2, 0.25) is 0 Å². The van der Waals surface area contributed by atoms with Gasteiger partial charge >= 0.3 is 42.7 Å². The van der Waals surface area contributed by atoms with Crippen molar-refractivity contribution in [2.45, 2.75) is 33.6 Å². The van der Waals surface area contributed by atoms with Gasteiger partial charge in [0.25, 0.3) is 0 Å². The zero-order valence-corrected chi connectivity index (χ0v) is 34.4. The molecule has 16 nitrogen and oxygen atoms in total. The van der Waals surface area contributed by atoms with Crippen molar-refractivity contribution in [3.63, 3.8) is 0 Å². The summed E-state index contributed by atoms with van der Waals surface area (Å²) in [5.41, 5.74) is 2.21. The van der Waals surface area contributed by atoms with Crippen LogP contribution in [0.5, 0.6) is 17.2 Å². The number of anilines is 1.